The van der Waals surface area contributed by atoms with Crippen LogP contribution in [-0.4, -0.2) is 31.3 Å². The lowest BCUT2D eigenvalue weighted by Gasteiger charge is -2.40. The summed E-state index contributed by atoms with van der Waals surface area (Å²) in [5, 5.41) is 0. The van der Waals surface area contributed by atoms with E-state index in [4.69, 9.17) is 10.5 Å². The molecule has 0 radical (unpaired) electrons. The Kier molecular flexibility index (Phi) is 3.76. The number of fused-ring (bicyclic) bond motifs is 1. The van der Waals surface area contributed by atoms with Gasteiger partial charge in [0.1, 0.15) is 0 Å². The van der Waals surface area contributed by atoms with E-state index in [9.17, 15) is 0 Å². The van der Waals surface area contributed by atoms with E-state index >= 15 is 0 Å². The molecule has 1 saturated heterocycles. The smallest absolute Gasteiger partial charge is 0.0795 e. The van der Waals surface area contributed by atoms with Crippen molar-refractivity contribution in [2.75, 3.05) is 18.0 Å². The van der Waals surface area contributed by atoms with Gasteiger partial charge in [-0.2, -0.15) is 0 Å². The van der Waals surface area contributed by atoms with Crippen molar-refractivity contribution in [3.05, 3.63) is 29.8 Å². The highest BCUT2D eigenvalue weighted by atomic mass is 16.5. The normalized spacial score (nSPS) is 28.2. The fourth-order valence-corrected chi connectivity index (χ4v) is 3.50. The molecule has 1 aromatic rings. The zero-order valence-corrected chi connectivity index (χ0v) is 11.7. The number of aryl methyl sites for hydroxylation is 1. The Bertz CT molecular complexity index is 435. The fourth-order valence-electron chi connectivity index (χ4n) is 3.50. The third-order valence-corrected chi connectivity index (χ3v) is 4.48. The Morgan fingerprint density at radius 3 is 2.95 bits per heavy atom. The van der Waals surface area contributed by atoms with Crippen molar-refractivity contribution < 1.29 is 4.74 Å². The predicted octanol–water partition coefficient (Wildman–Crippen LogP) is 2.33. The summed E-state index contributed by atoms with van der Waals surface area (Å²) < 4.78 is 6.06. The van der Waals surface area contributed by atoms with Crippen LogP contribution in [0, 0.1) is 0 Å². The number of rotatable bonds is 3. The molecule has 0 saturated carbocycles. The highest BCUT2D eigenvalue weighted by molar-refractivity contribution is 5.56. The number of nitrogens with zero attached hydrogens (tertiary/aromatic N) is 1. The van der Waals surface area contributed by atoms with Crippen LogP contribution >= 0.6 is 0 Å². The second kappa shape index (κ2) is 5.51. The molecule has 2 aliphatic heterocycles. The van der Waals surface area contributed by atoms with Crippen molar-refractivity contribution in [1.29, 1.82) is 0 Å². The SMILES string of the molecule is CC1CCC(C(CN)N2CCCc3ccccc32)O1. The summed E-state index contributed by atoms with van der Waals surface area (Å²) in [6.45, 7) is 3.94. The van der Waals surface area contributed by atoms with Crippen LogP contribution in [0.1, 0.15) is 31.7 Å². The molecule has 2 aliphatic rings. The highest BCUT2D eigenvalue weighted by Crippen LogP contribution is 2.32. The minimum absolute atomic E-state index is 0.297. The lowest BCUT2D eigenvalue weighted by Crippen LogP contribution is -2.50. The molecule has 1 aromatic carbocycles. The molecule has 0 spiro atoms. The van der Waals surface area contributed by atoms with Gasteiger partial charge >= 0.3 is 0 Å². The maximum Gasteiger partial charge on any atom is 0.0795 e. The average molecular weight is 260 g/mol. The summed E-state index contributed by atoms with van der Waals surface area (Å²) >= 11 is 0. The van der Waals surface area contributed by atoms with E-state index in [0.29, 0.717) is 24.8 Å². The van der Waals surface area contributed by atoms with E-state index in [1.807, 2.05) is 0 Å². The third kappa shape index (κ3) is 2.49. The average Bonchev–Trinajstić information content (AvgIpc) is 2.86. The molecule has 0 bridgehead atoms. The van der Waals surface area contributed by atoms with Gasteiger partial charge in [-0.15, -0.1) is 0 Å². The molecule has 0 amide bonds. The van der Waals surface area contributed by atoms with Gasteiger partial charge in [-0.25, -0.2) is 0 Å². The minimum Gasteiger partial charge on any atom is -0.373 e. The first-order chi connectivity index (χ1) is 9.29. The van der Waals surface area contributed by atoms with Crippen molar-refractivity contribution in [3.63, 3.8) is 0 Å². The molecule has 0 aliphatic carbocycles. The van der Waals surface area contributed by atoms with Gasteiger partial charge in [0.2, 0.25) is 0 Å². The van der Waals surface area contributed by atoms with Gasteiger partial charge in [-0.1, -0.05) is 18.2 Å². The van der Waals surface area contributed by atoms with E-state index in [0.717, 1.165) is 19.4 Å². The van der Waals surface area contributed by atoms with Crippen LogP contribution in [0.5, 0.6) is 0 Å². The van der Waals surface area contributed by atoms with Gasteiger partial charge in [0, 0.05) is 18.8 Å². The van der Waals surface area contributed by atoms with Gasteiger partial charge in [0.25, 0.3) is 0 Å². The molecule has 3 heteroatoms. The lowest BCUT2D eigenvalue weighted by molar-refractivity contribution is 0.0399. The molecular formula is C16H24N2O. The molecule has 1 fully saturated rings. The Balaban J connectivity index is 1.84. The molecular weight excluding hydrogens is 236 g/mol. The van der Waals surface area contributed by atoms with Crippen LogP contribution in [0.2, 0.25) is 0 Å². The van der Waals surface area contributed by atoms with Gasteiger partial charge < -0.3 is 15.4 Å². The summed E-state index contributed by atoms with van der Waals surface area (Å²) in [6, 6.07) is 9.06. The number of nitrogens with two attached hydrogens (primary N) is 1. The molecule has 3 nitrogen and oxygen atoms in total. The van der Waals surface area contributed by atoms with Gasteiger partial charge in [-0.05, 0) is 44.2 Å². The number of anilines is 1. The van der Waals surface area contributed by atoms with Crippen LogP contribution in [0.25, 0.3) is 0 Å². The Hall–Kier alpha value is -1.06. The van der Waals surface area contributed by atoms with Crippen LogP contribution in [0.15, 0.2) is 24.3 Å². The van der Waals surface area contributed by atoms with Crippen molar-refractivity contribution in [1.82, 2.24) is 0 Å². The summed E-state index contributed by atoms with van der Waals surface area (Å²) in [4.78, 5) is 2.49. The first-order valence-corrected chi connectivity index (χ1v) is 7.49. The molecule has 3 rings (SSSR count). The van der Waals surface area contributed by atoms with Gasteiger partial charge in [-0.3, -0.25) is 0 Å². The molecule has 0 aromatic heterocycles. The minimum atomic E-state index is 0.297. The number of hydrogen-bond acceptors (Lipinski definition) is 3. The maximum absolute atomic E-state index is 6.06. The highest BCUT2D eigenvalue weighted by Gasteiger charge is 2.34. The monoisotopic (exact) mass is 260 g/mol. The standard InChI is InChI=1S/C16H24N2O/c1-12-8-9-16(19-12)15(11-17)18-10-4-6-13-5-2-3-7-14(13)18/h2-3,5,7,12,15-16H,4,6,8-11,17H2,1H3. The van der Waals surface area contributed by atoms with Gasteiger partial charge in [0.05, 0.1) is 18.2 Å². The van der Waals surface area contributed by atoms with Crippen molar-refractivity contribution in [3.8, 4) is 0 Å². The van der Waals surface area contributed by atoms with E-state index in [1.165, 1.54) is 24.1 Å². The van der Waals surface area contributed by atoms with Crippen molar-refractivity contribution in [2.24, 2.45) is 5.73 Å². The number of hydrogen-bond donors (Lipinski definition) is 1. The number of benzene rings is 1. The molecule has 3 atom stereocenters. The van der Waals surface area contributed by atoms with Gasteiger partial charge in [0.15, 0.2) is 0 Å². The van der Waals surface area contributed by atoms with Crippen LogP contribution in [0.3, 0.4) is 0 Å². The topological polar surface area (TPSA) is 38.5 Å². The Labute approximate surface area is 115 Å². The van der Waals surface area contributed by atoms with Crippen LogP contribution in [-0.2, 0) is 11.2 Å². The summed E-state index contributed by atoms with van der Waals surface area (Å²) in [5.74, 6) is 0. The van der Waals surface area contributed by atoms with E-state index < -0.39 is 0 Å². The predicted molar refractivity (Wildman–Crippen MR) is 78.5 cm³/mol. The van der Waals surface area contributed by atoms with Crippen LogP contribution < -0.4 is 10.6 Å². The zero-order chi connectivity index (χ0) is 13.2. The number of ether oxygens (including phenoxy) is 1. The molecule has 19 heavy (non-hydrogen) atoms. The Morgan fingerprint density at radius 1 is 1.37 bits per heavy atom. The van der Waals surface area contributed by atoms with E-state index in [1.54, 1.807) is 0 Å². The maximum atomic E-state index is 6.06. The molecule has 2 N–H and O–H groups in total. The third-order valence-electron chi connectivity index (χ3n) is 4.48. The second-order valence-electron chi connectivity index (χ2n) is 5.79. The van der Waals surface area contributed by atoms with E-state index in [-0.39, 0.29) is 0 Å². The Morgan fingerprint density at radius 2 is 2.21 bits per heavy atom. The van der Waals surface area contributed by atoms with Crippen LogP contribution in [0.4, 0.5) is 5.69 Å². The summed E-state index contributed by atoms with van der Waals surface area (Å²) in [6.07, 6.45) is 5.39. The molecule has 3 unspecified atom stereocenters. The fraction of sp³-hybridized carbons (Fsp3) is 0.625. The second-order valence-corrected chi connectivity index (χ2v) is 5.79. The van der Waals surface area contributed by atoms with Crippen molar-refractivity contribution in [2.45, 2.75) is 50.9 Å². The summed E-state index contributed by atoms with van der Waals surface area (Å²) in [7, 11) is 0. The largest absolute Gasteiger partial charge is 0.373 e. The summed E-state index contributed by atoms with van der Waals surface area (Å²) in [5.41, 5.74) is 8.89. The quantitative estimate of drug-likeness (QED) is 0.906. The first-order valence-electron chi connectivity index (χ1n) is 7.49. The number of para-hydroxylation sites is 1. The zero-order valence-electron chi connectivity index (χ0n) is 11.7. The lowest BCUT2D eigenvalue weighted by atomic mass is 9.97. The van der Waals surface area contributed by atoms with Crippen molar-refractivity contribution >= 4 is 5.69 Å². The first kappa shape index (κ1) is 12.9. The van der Waals surface area contributed by atoms with E-state index in [2.05, 4.69) is 36.1 Å². The molecule has 2 heterocycles. The molecule has 104 valence electrons.